The summed E-state index contributed by atoms with van der Waals surface area (Å²) in [5.74, 6) is 1.34. The minimum atomic E-state index is 0.0732. The number of benzene rings is 1. The van der Waals surface area contributed by atoms with Gasteiger partial charge in [0.1, 0.15) is 6.10 Å². The monoisotopic (exact) mass is 353 g/mol. The van der Waals surface area contributed by atoms with Gasteiger partial charge in [0.05, 0.1) is 13.2 Å². The van der Waals surface area contributed by atoms with Crippen molar-refractivity contribution in [3.8, 4) is 17.3 Å². The molecule has 26 heavy (non-hydrogen) atoms. The van der Waals surface area contributed by atoms with Crippen LogP contribution in [0.4, 0.5) is 0 Å². The van der Waals surface area contributed by atoms with Gasteiger partial charge in [0.2, 0.25) is 5.88 Å². The molecule has 2 aromatic rings. The quantitative estimate of drug-likeness (QED) is 0.680. The standard InChI is InChI=1S/C21H27N3O2/c1-3-4-10-19(16-24-11-13-25-14-12-24)26-20-15-17(2)22-21(23-20)18-8-6-5-7-9-18/h3,5-9,15,19H,1,4,10-14,16H2,2H3/t19-/m0/s1. The van der Waals surface area contributed by atoms with Crippen molar-refractivity contribution in [2.45, 2.75) is 25.9 Å². The van der Waals surface area contributed by atoms with Crippen LogP contribution in [0.25, 0.3) is 11.4 Å². The van der Waals surface area contributed by atoms with Crippen molar-refractivity contribution in [3.05, 3.63) is 54.7 Å². The summed E-state index contributed by atoms with van der Waals surface area (Å²) in [6.45, 7) is 10.2. The molecule has 1 aromatic carbocycles. The molecule has 5 nitrogen and oxygen atoms in total. The van der Waals surface area contributed by atoms with E-state index in [0.29, 0.717) is 11.7 Å². The van der Waals surface area contributed by atoms with Gasteiger partial charge in [-0.15, -0.1) is 6.58 Å². The van der Waals surface area contributed by atoms with Crippen LogP contribution >= 0.6 is 0 Å². The number of ether oxygens (including phenoxy) is 2. The van der Waals surface area contributed by atoms with Gasteiger partial charge >= 0.3 is 0 Å². The van der Waals surface area contributed by atoms with Gasteiger partial charge in [-0.05, 0) is 19.8 Å². The number of nitrogens with zero attached hydrogens (tertiary/aromatic N) is 3. The Morgan fingerprint density at radius 3 is 2.73 bits per heavy atom. The molecule has 1 saturated heterocycles. The van der Waals surface area contributed by atoms with Crippen LogP contribution in [0, 0.1) is 6.92 Å². The highest BCUT2D eigenvalue weighted by Crippen LogP contribution is 2.20. The van der Waals surface area contributed by atoms with Gasteiger partial charge in [-0.25, -0.2) is 4.98 Å². The molecular weight excluding hydrogens is 326 g/mol. The molecule has 3 rings (SSSR count). The van der Waals surface area contributed by atoms with Crippen LogP contribution in [0.1, 0.15) is 18.5 Å². The Labute approximate surface area is 155 Å². The van der Waals surface area contributed by atoms with Gasteiger partial charge in [-0.1, -0.05) is 36.4 Å². The average Bonchev–Trinajstić information content (AvgIpc) is 2.67. The third-order valence-electron chi connectivity index (χ3n) is 4.41. The first-order chi connectivity index (χ1) is 12.7. The van der Waals surface area contributed by atoms with Crippen molar-refractivity contribution in [2.24, 2.45) is 0 Å². The Bertz CT molecular complexity index is 700. The number of hydrogen-bond donors (Lipinski definition) is 0. The van der Waals surface area contributed by atoms with Gasteiger partial charge in [-0.3, -0.25) is 4.90 Å². The maximum Gasteiger partial charge on any atom is 0.217 e. The number of allylic oxidation sites excluding steroid dienone is 1. The lowest BCUT2D eigenvalue weighted by molar-refractivity contribution is 0.0174. The second-order valence-corrected chi connectivity index (χ2v) is 6.56. The topological polar surface area (TPSA) is 47.5 Å². The van der Waals surface area contributed by atoms with Gasteiger partial charge < -0.3 is 9.47 Å². The largest absolute Gasteiger partial charge is 0.473 e. The maximum atomic E-state index is 6.28. The van der Waals surface area contributed by atoms with E-state index in [0.717, 1.165) is 56.9 Å². The summed E-state index contributed by atoms with van der Waals surface area (Å²) in [5, 5.41) is 0. The Balaban J connectivity index is 1.74. The summed E-state index contributed by atoms with van der Waals surface area (Å²) < 4.78 is 11.7. The fourth-order valence-electron chi connectivity index (χ4n) is 3.05. The summed E-state index contributed by atoms with van der Waals surface area (Å²) in [6.07, 6.45) is 3.86. The molecule has 1 aromatic heterocycles. The molecule has 1 fully saturated rings. The van der Waals surface area contributed by atoms with E-state index < -0.39 is 0 Å². The first kappa shape index (κ1) is 18.5. The molecule has 0 N–H and O–H groups in total. The Kier molecular flexibility index (Phi) is 6.75. The highest BCUT2D eigenvalue weighted by molar-refractivity contribution is 5.55. The number of hydrogen-bond acceptors (Lipinski definition) is 5. The average molecular weight is 353 g/mol. The van der Waals surface area contributed by atoms with Crippen LogP contribution in [-0.2, 0) is 4.74 Å². The summed E-state index contributed by atoms with van der Waals surface area (Å²) in [6, 6.07) is 11.9. The Morgan fingerprint density at radius 2 is 2.00 bits per heavy atom. The number of rotatable bonds is 8. The first-order valence-corrected chi connectivity index (χ1v) is 9.23. The second-order valence-electron chi connectivity index (χ2n) is 6.56. The highest BCUT2D eigenvalue weighted by Gasteiger charge is 2.19. The van der Waals surface area contributed by atoms with E-state index in [2.05, 4.69) is 21.4 Å². The van der Waals surface area contributed by atoms with Crippen molar-refractivity contribution in [2.75, 3.05) is 32.8 Å². The van der Waals surface area contributed by atoms with E-state index in [1.807, 2.05) is 49.4 Å². The fraction of sp³-hybridized carbons (Fsp3) is 0.429. The Hall–Kier alpha value is -2.24. The minimum Gasteiger partial charge on any atom is -0.473 e. The van der Waals surface area contributed by atoms with E-state index in [9.17, 15) is 0 Å². The molecular formula is C21H27N3O2. The van der Waals surface area contributed by atoms with Crippen LogP contribution in [0.3, 0.4) is 0 Å². The van der Waals surface area contributed by atoms with Crippen LogP contribution in [0.2, 0.25) is 0 Å². The van der Waals surface area contributed by atoms with E-state index in [4.69, 9.17) is 9.47 Å². The molecule has 1 aliphatic heterocycles. The third-order valence-corrected chi connectivity index (χ3v) is 4.41. The molecule has 0 spiro atoms. The summed E-state index contributed by atoms with van der Waals surface area (Å²) in [5.41, 5.74) is 1.90. The van der Waals surface area contributed by atoms with Gasteiger partial charge in [0, 0.05) is 37.0 Å². The maximum absolute atomic E-state index is 6.28. The first-order valence-electron chi connectivity index (χ1n) is 9.23. The Morgan fingerprint density at radius 1 is 1.23 bits per heavy atom. The zero-order chi connectivity index (χ0) is 18.2. The zero-order valence-electron chi connectivity index (χ0n) is 15.4. The van der Waals surface area contributed by atoms with Crippen molar-refractivity contribution in [1.82, 2.24) is 14.9 Å². The minimum absolute atomic E-state index is 0.0732. The third kappa shape index (κ3) is 5.38. The smallest absolute Gasteiger partial charge is 0.217 e. The van der Waals surface area contributed by atoms with Gasteiger partial charge in [0.15, 0.2) is 5.82 Å². The predicted octanol–water partition coefficient (Wildman–Crippen LogP) is 3.50. The lowest BCUT2D eigenvalue weighted by atomic mass is 10.1. The van der Waals surface area contributed by atoms with E-state index in [1.165, 1.54) is 0 Å². The lowest BCUT2D eigenvalue weighted by Crippen LogP contribution is -2.42. The summed E-state index contributed by atoms with van der Waals surface area (Å²) in [4.78, 5) is 11.6. The molecule has 138 valence electrons. The second kappa shape index (κ2) is 9.46. The molecule has 1 aliphatic rings. The summed E-state index contributed by atoms with van der Waals surface area (Å²) in [7, 11) is 0. The van der Waals surface area contributed by atoms with Crippen LogP contribution in [0.15, 0.2) is 49.1 Å². The van der Waals surface area contributed by atoms with E-state index in [1.54, 1.807) is 0 Å². The fourth-order valence-corrected chi connectivity index (χ4v) is 3.05. The molecule has 0 aliphatic carbocycles. The van der Waals surface area contributed by atoms with Gasteiger partial charge in [0.25, 0.3) is 0 Å². The molecule has 0 bridgehead atoms. The van der Waals surface area contributed by atoms with Crippen LogP contribution < -0.4 is 4.74 Å². The van der Waals surface area contributed by atoms with Crippen LogP contribution in [-0.4, -0.2) is 53.8 Å². The van der Waals surface area contributed by atoms with Crippen LogP contribution in [0.5, 0.6) is 5.88 Å². The molecule has 1 atom stereocenters. The summed E-state index contributed by atoms with van der Waals surface area (Å²) >= 11 is 0. The van der Waals surface area contributed by atoms with E-state index in [-0.39, 0.29) is 6.10 Å². The molecule has 0 radical (unpaired) electrons. The number of aryl methyl sites for hydroxylation is 1. The number of aromatic nitrogens is 2. The van der Waals surface area contributed by atoms with Crippen molar-refractivity contribution in [1.29, 1.82) is 0 Å². The van der Waals surface area contributed by atoms with Crippen molar-refractivity contribution >= 4 is 0 Å². The lowest BCUT2D eigenvalue weighted by Gasteiger charge is -2.30. The highest BCUT2D eigenvalue weighted by atomic mass is 16.5. The molecule has 5 heteroatoms. The normalized spacial score (nSPS) is 16.2. The molecule has 0 saturated carbocycles. The number of morpholine rings is 1. The molecule has 0 amide bonds. The molecule has 0 unspecified atom stereocenters. The van der Waals surface area contributed by atoms with Gasteiger partial charge in [-0.2, -0.15) is 4.98 Å². The predicted molar refractivity (Wildman–Crippen MR) is 103 cm³/mol. The SMILES string of the molecule is C=CCC[C@@H](CN1CCOCC1)Oc1cc(C)nc(-c2ccccc2)n1. The van der Waals surface area contributed by atoms with Crippen molar-refractivity contribution in [3.63, 3.8) is 0 Å². The zero-order valence-corrected chi connectivity index (χ0v) is 15.4. The molecule has 2 heterocycles. The van der Waals surface area contributed by atoms with E-state index >= 15 is 0 Å². The van der Waals surface area contributed by atoms with Crippen molar-refractivity contribution < 1.29 is 9.47 Å².